The smallest absolute Gasteiger partial charge is 0.306 e. The summed E-state index contributed by atoms with van der Waals surface area (Å²) in [6, 6.07) is -0.705. The zero-order chi connectivity index (χ0) is 13.9. The molecule has 17 heavy (non-hydrogen) atoms. The molecule has 0 rings (SSSR count). The van der Waals surface area contributed by atoms with Crippen molar-refractivity contribution in [2.45, 2.75) is 45.8 Å². The van der Waals surface area contributed by atoms with Crippen molar-refractivity contribution in [3.63, 3.8) is 0 Å². The number of nitrogens with one attached hydrogen (secondary N) is 1. The first kappa shape index (κ1) is 15.9. The summed E-state index contributed by atoms with van der Waals surface area (Å²) in [7, 11) is 0. The second kappa shape index (κ2) is 5.46. The highest BCUT2D eigenvalue weighted by atomic mass is 16.4. The van der Waals surface area contributed by atoms with Crippen LogP contribution < -0.4 is 11.1 Å². The average Bonchev–Trinajstić information content (AvgIpc) is 2.09. The normalized spacial score (nSPS) is 17.1. The molecule has 5 N–H and O–H groups in total. The molecule has 2 atom stereocenters. The van der Waals surface area contributed by atoms with Gasteiger partial charge in [0.25, 0.3) is 0 Å². The summed E-state index contributed by atoms with van der Waals surface area (Å²) in [5, 5.41) is 20.7. The van der Waals surface area contributed by atoms with Gasteiger partial charge in [0.05, 0.1) is 18.1 Å². The number of hydrogen-bond acceptors (Lipinski definition) is 4. The Labute approximate surface area is 101 Å². The molecule has 6 nitrogen and oxygen atoms in total. The topological polar surface area (TPSA) is 113 Å². The van der Waals surface area contributed by atoms with Gasteiger partial charge in [-0.1, -0.05) is 20.8 Å². The maximum atomic E-state index is 11.6. The van der Waals surface area contributed by atoms with Crippen molar-refractivity contribution >= 4 is 11.9 Å². The Kier molecular flexibility index (Phi) is 5.10. The monoisotopic (exact) mass is 246 g/mol. The molecule has 0 spiro atoms. The molecular weight excluding hydrogens is 224 g/mol. The van der Waals surface area contributed by atoms with Crippen LogP contribution in [0.15, 0.2) is 0 Å². The molecule has 6 heteroatoms. The van der Waals surface area contributed by atoms with E-state index in [0.717, 1.165) is 0 Å². The van der Waals surface area contributed by atoms with E-state index in [4.69, 9.17) is 10.8 Å². The minimum absolute atomic E-state index is 0.137. The van der Waals surface area contributed by atoms with E-state index in [1.54, 1.807) is 0 Å². The van der Waals surface area contributed by atoms with Crippen LogP contribution in [0.25, 0.3) is 0 Å². The Morgan fingerprint density at radius 3 is 2.12 bits per heavy atom. The Bertz CT molecular complexity index is 294. The van der Waals surface area contributed by atoms with E-state index in [1.807, 2.05) is 20.8 Å². The van der Waals surface area contributed by atoms with E-state index < -0.39 is 29.9 Å². The van der Waals surface area contributed by atoms with Gasteiger partial charge in [0.2, 0.25) is 5.91 Å². The molecular formula is C11H22N2O4. The third kappa shape index (κ3) is 6.23. The maximum Gasteiger partial charge on any atom is 0.306 e. The lowest BCUT2D eigenvalue weighted by Gasteiger charge is -2.28. The molecule has 0 aliphatic carbocycles. The predicted octanol–water partition coefficient (Wildman–Crippen LogP) is -0.298. The van der Waals surface area contributed by atoms with Gasteiger partial charge in [0.1, 0.15) is 0 Å². The van der Waals surface area contributed by atoms with Crippen molar-refractivity contribution in [1.82, 2.24) is 5.32 Å². The van der Waals surface area contributed by atoms with Gasteiger partial charge >= 0.3 is 5.97 Å². The molecule has 0 aromatic rings. The van der Waals surface area contributed by atoms with E-state index in [0.29, 0.717) is 0 Å². The number of carbonyl (C=O) groups is 2. The third-order valence-electron chi connectivity index (χ3n) is 2.39. The molecule has 0 aromatic heterocycles. The van der Waals surface area contributed by atoms with Gasteiger partial charge in [-0.05, 0) is 12.3 Å². The molecule has 0 saturated heterocycles. The highest BCUT2D eigenvalue weighted by molar-refractivity contribution is 5.82. The van der Waals surface area contributed by atoms with Crippen molar-refractivity contribution in [2.24, 2.45) is 11.1 Å². The zero-order valence-corrected chi connectivity index (χ0v) is 10.8. The summed E-state index contributed by atoms with van der Waals surface area (Å²) in [6.45, 7) is 6.69. The van der Waals surface area contributed by atoms with Crippen LogP contribution in [-0.4, -0.2) is 40.3 Å². The van der Waals surface area contributed by atoms with Gasteiger partial charge in [0, 0.05) is 6.54 Å². The van der Waals surface area contributed by atoms with Crippen LogP contribution in [0.3, 0.4) is 0 Å². The van der Waals surface area contributed by atoms with Crippen LogP contribution in [0.1, 0.15) is 34.1 Å². The summed E-state index contributed by atoms with van der Waals surface area (Å²) < 4.78 is 0. The first-order chi connectivity index (χ1) is 7.46. The maximum absolute atomic E-state index is 11.6. The molecule has 0 aromatic carbocycles. The second-order valence-corrected chi connectivity index (χ2v) is 5.63. The fourth-order valence-corrected chi connectivity index (χ4v) is 1.17. The number of nitrogens with two attached hydrogens (primary N) is 1. The SMILES string of the molecule is CC(O)(CNC(=O)[C@H](N)C(C)(C)C)CC(=O)O. The van der Waals surface area contributed by atoms with E-state index in [9.17, 15) is 14.7 Å². The second-order valence-electron chi connectivity index (χ2n) is 5.63. The minimum Gasteiger partial charge on any atom is -0.481 e. The molecule has 1 unspecified atom stereocenters. The Balaban J connectivity index is 4.29. The number of rotatable bonds is 5. The quantitative estimate of drug-likeness (QED) is 0.532. The van der Waals surface area contributed by atoms with Crippen molar-refractivity contribution in [1.29, 1.82) is 0 Å². The minimum atomic E-state index is -1.47. The standard InChI is InChI=1S/C11H22N2O4/c1-10(2,3)8(12)9(16)13-6-11(4,17)5-7(14)15/h8,17H,5-6,12H2,1-4H3,(H,13,16)(H,14,15)/t8-,11?/m0/s1. The molecule has 0 saturated carbocycles. The first-order valence-corrected chi connectivity index (χ1v) is 5.43. The van der Waals surface area contributed by atoms with Crippen LogP contribution in [-0.2, 0) is 9.59 Å². The number of aliphatic carboxylic acids is 1. The summed E-state index contributed by atoms with van der Waals surface area (Å²) in [5.74, 6) is -1.52. The van der Waals surface area contributed by atoms with E-state index in [2.05, 4.69) is 5.32 Å². The number of hydrogen-bond donors (Lipinski definition) is 4. The molecule has 0 aliphatic heterocycles. The van der Waals surface area contributed by atoms with Gasteiger partial charge in [-0.3, -0.25) is 9.59 Å². The molecule has 100 valence electrons. The molecule has 0 bridgehead atoms. The van der Waals surface area contributed by atoms with Crippen molar-refractivity contribution in [2.75, 3.05) is 6.54 Å². The Morgan fingerprint density at radius 2 is 1.76 bits per heavy atom. The van der Waals surface area contributed by atoms with Crippen LogP contribution >= 0.6 is 0 Å². The molecule has 0 radical (unpaired) electrons. The van der Waals surface area contributed by atoms with Crippen LogP contribution in [0.5, 0.6) is 0 Å². The lowest BCUT2D eigenvalue weighted by atomic mass is 9.87. The number of carboxylic acids is 1. The number of amides is 1. The van der Waals surface area contributed by atoms with Crippen molar-refractivity contribution in [3.8, 4) is 0 Å². The highest BCUT2D eigenvalue weighted by Crippen LogP contribution is 2.17. The lowest BCUT2D eigenvalue weighted by molar-refractivity contribution is -0.142. The summed E-state index contributed by atoms with van der Waals surface area (Å²) >= 11 is 0. The average molecular weight is 246 g/mol. The zero-order valence-electron chi connectivity index (χ0n) is 10.8. The fraction of sp³-hybridized carbons (Fsp3) is 0.818. The number of carboxylic acid groups (broad SMARTS) is 1. The Morgan fingerprint density at radius 1 is 1.29 bits per heavy atom. The number of aliphatic hydroxyl groups is 1. The molecule has 0 heterocycles. The van der Waals surface area contributed by atoms with Gasteiger partial charge < -0.3 is 21.3 Å². The van der Waals surface area contributed by atoms with Crippen LogP contribution in [0.4, 0.5) is 0 Å². The van der Waals surface area contributed by atoms with Crippen molar-refractivity contribution < 1.29 is 19.8 Å². The largest absolute Gasteiger partial charge is 0.481 e. The molecule has 0 fully saturated rings. The van der Waals surface area contributed by atoms with Crippen molar-refractivity contribution in [3.05, 3.63) is 0 Å². The highest BCUT2D eigenvalue weighted by Gasteiger charge is 2.30. The lowest BCUT2D eigenvalue weighted by Crippen LogP contribution is -2.52. The summed E-state index contributed by atoms with van der Waals surface area (Å²) in [4.78, 5) is 22.1. The molecule has 0 aliphatic rings. The molecule has 1 amide bonds. The fourth-order valence-electron chi connectivity index (χ4n) is 1.17. The number of carbonyl (C=O) groups excluding carboxylic acids is 1. The first-order valence-electron chi connectivity index (χ1n) is 5.43. The van der Waals surface area contributed by atoms with Gasteiger partial charge in [0.15, 0.2) is 0 Å². The third-order valence-corrected chi connectivity index (χ3v) is 2.39. The van der Waals surface area contributed by atoms with Gasteiger partial charge in [-0.2, -0.15) is 0 Å². The summed E-state index contributed by atoms with van der Waals surface area (Å²) in [5.41, 5.74) is 3.86. The van der Waals surface area contributed by atoms with E-state index in [-0.39, 0.29) is 12.0 Å². The van der Waals surface area contributed by atoms with E-state index >= 15 is 0 Å². The Hall–Kier alpha value is -1.14. The summed E-state index contributed by atoms with van der Waals surface area (Å²) in [6.07, 6.45) is -0.433. The van der Waals surface area contributed by atoms with E-state index in [1.165, 1.54) is 6.92 Å². The van der Waals surface area contributed by atoms with Gasteiger partial charge in [-0.15, -0.1) is 0 Å². The van der Waals surface area contributed by atoms with Gasteiger partial charge in [-0.25, -0.2) is 0 Å². The predicted molar refractivity (Wildman–Crippen MR) is 63.3 cm³/mol. The van der Waals surface area contributed by atoms with Crippen LogP contribution in [0.2, 0.25) is 0 Å². The van der Waals surface area contributed by atoms with Crippen LogP contribution in [0, 0.1) is 5.41 Å².